The van der Waals surface area contributed by atoms with Crippen LogP contribution in [0.3, 0.4) is 0 Å². The van der Waals surface area contributed by atoms with Crippen molar-refractivity contribution < 1.29 is 9.37 Å². The van der Waals surface area contributed by atoms with Crippen molar-refractivity contribution in [3.63, 3.8) is 0 Å². The molecule has 0 aromatic heterocycles. The van der Waals surface area contributed by atoms with Gasteiger partial charge in [-0.3, -0.25) is 9.37 Å². The fourth-order valence-corrected chi connectivity index (χ4v) is 2.49. The van der Waals surface area contributed by atoms with Gasteiger partial charge in [0.15, 0.2) is 0 Å². The molecule has 25 heavy (non-hydrogen) atoms. The van der Waals surface area contributed by atoms with Crippen LogP contribution in [-0.2, 0) is 4.79 Å². The highest BCUT2D eigenvalue weighted by Crippen LogP contribution is 2.25. The van der Waals surface area contributed by atoms with E-state index in [1.54, 1.807) is 24.3 Å². The summed E-state index contributed by atoms with van der Waals surface area (Å²) in [6.45, 7) is 1.99. The van der Waals surface area contributed by atoms with Crippen molar-refractivity contribution in [2.24, 2.45) is 0 Å². The third-order valence-corrected chi connectivity index (χ3v) is 4.21. The Hall–Kier alpha value is -2.30. The van der Waals surface area contributed by atoms with Crippen molar-refractivity contribution >= 4 is 52.4 Å². The SMILES string of the molecule is CC(Nc1ccc(NC(=O)/C=C/c2c(Cl)cccc2Cl)cc1)=[N+](C)C. The van der Waals surface area contributed by atoms with Crippen LogP contribution in [-0.4, -0.2) is 30.4 Å². The fourth-order valence-electron chi connectivity index (χ4n) is 1.97. The molecule has 2 N–H and O–H groups in total. The maximum atomic E-state index is 12.0. The molecule has 2 aromatic rings. The maximum absolute atomic E-state index is 12.0. The van der Waals surface area contributed by atoms with Crippen molar-refractivity contribution in [2.75, 3.05) is 24.7 Å². The second-order valence-corrected chi connectivity index (χ2v) is 6.45. The summed E-state index contributed by atoms with van der Waals surface area (Å²) in [6, 6.07) is 12.7. The Labute approximate surface area is 157 Å². The first-order valence-corrected chi connectivity index (χ1v) is 8.43. The summed E-state index contributed by atoms with van der Waals surface area (Å²) in [6.07, 6.45) is 3.01. The summed E-state index contributed by atoms with van der Waals surface area (Å²) in [5.41, 5.74) is 2.27. The van der Waals surface area contributed by atoms with Gasteiger partial charge in [0.05, 0.1) is 14.1 Å². The number of halogens is 2. The summed E-state index contributed by atoms with van der Waals surface area (Å²) in [5, 5.41) is 7.06. The lowest BCUT2D eigenvalue weighted by Gasteiger charge is -2.05. The molecule has 0 heterocycles. The van der Waals surface area contributed by atoms with E-state index in [2.05, 4.69) is 10.6 Å². The van der Waals surface area contributed by atoms with Gasteiger partial charge in [-0.25, -0.2) is 5.32 Å². The number of benzene rings is 2. The largest absolute Gasteiger partial charge is 0.323 e. The molecule has 0 aliphatic carbocycles. The summed E-state index contributed by atoms with van der Waals surface area (Å²) in [7, 11) is 3.93. The van der Waals surface area contributed by atoms with Gasteiger partial charge in [-0.05, 0) is 42.5 Å². The number of hydrogen-bond donors (Lipinski definition) is 2. The lowest BCUT2D eigenvalue weighted by molar-refractivity contribution is -0.464. The fraction of sp³-hybridized carbons (Fsp3) is 0.158. The quantitative estimate of drug-likeness (QED) is 0.350. The number of amidine groups is 1. The van der Waals surface area contributed by atoms with E-state index in [4.69, 9.17) is 23.2 Å². The molecule has 0 saturated carbocycles. The van der Waals surface area contributed by atoms with Crippen LogP contribution in [0.5, 0.6) is 0 Å². The first-order chi connectivity index (χ1) is 11.9. The van der Waals surface area contributed by atoms with Crippen molar-refractivity contribution in [3.05, 3.63) is 64.1 Å². The molecule has 0 atom stereocenters. The predicted molar refractivity (Wildman–Crippen MR) is 107 cm³/mol. The van der Waals surface area contributed by atoms with Crippen molar-refractivity contribution in [2.45, 2.75) is 6.92 Å². The number of anilines is 2. The highest BCUT2D eigenvalue weighted by Gasteiger charge is 2.05. The topological polar surface area (TPSA) is 44.1 Å². The average Bonchev–Trinajstić information content (AvgIpc) is 2.56. The Kier molecular flexibility index (Phi) is 6.62. The maximum Gasteiger partial charge on any atom is 0.248 e. The molecule has 0 unspecified atom stereocenters. The van der Waals surface area contributed by atoms with Crippen LogP contribution in [0.4, 0.5) is 11.4 Å². The third-order valence-electron chi connectivity index (χ3n) is 3.55. The van der Waals surface area contributed by atoms with Crippen LogP contribution in [0.25, 0.3) is 6.08 Å². The van der Waals surface area contributed by atoms with Crippen molar-refractivity contribution in [1.29, 1.82) is 0 Å². The zero-order valence-electron chi connectivity index (χ0n) is 14.3. The average molecular weight is 377 g/mol. The van der Waals surface area contributed by atoms with Gasteiger partial charge in [0, 0.05) is 34.3 Å². The summed E-state index contributed by atoms with van der Waals surface area (Å²) >= 11 is 12.1. The van der Waals surface area contributed by atoms with Gasteiger partial charge in [0.25, 0.3) is 0 Å². The Morgan fingerprint density at radius 3 is 2.00 bits per heavy atom. The van der Waals surface area contributed by atoms with Crippen molar-refractivity contribution in [3.8, 4) is 0 Å². The van der Waals surface area contributed by atoms with E-state index in [9.17, 15) is 4.79 Å². The molecule has 0 radical (unpaired) electrons. The van der Waals surface area contributed by atoms with Gasteiger partial charge < -0.3 is 5.32 Å². The number of carbonyl (C=O) groups is 1. The van der Waals surface area contributed by atoms with Gasteiger partial charge in [-0.2, -0.15) is 0 Å². The van der Waals surface area contributed by atoms with Crippen LogP contribution < -0.4 is 10.6 Å². The van der Waals surface area contributed by atoms with E-state index >= 15 is 0 Å². The highest BCUT2D eigenvalue weighted by atomic mass is 35.5. The molecular formula is C19H20Cl2N3O+. The Balaban J connectivity index is 2.01. The first kappa shape index (κ1) is 19.0. The van der Waals surface area contributed by atoms with Crippen LogP contribution in [0.2, 0.25) is 10.0 Å². The molecule has 2 aromatic carbocycles. The molecule has 0 spiro atoms. The summed E-state index contributed by atoms with van der Waals surface area (Å²) in [5.74, 6) is 0.768. The molecule has 0 aliphatic heterocycles. The predicted octanol–water partition coefficient (Wildman–Crippen LogP) is 4.75. The lowest BCUT2D eigenvalue weighted by Crippen LogP contribution is -2.18. The minimum Gasteiger partial charge on any atom is -0.323 e. The highest BCUT2D eigenvalue weighted by molar-refractivity contribution is 6.37. The Morgan fingerprint density at radius 1 is 0.960 bits per heavy atom. The normalized spacial score (nSPS) is 10.6. The first-order valence-electron chi connectivity index (χ1n) is 7.68. The second kappa shape index (κ2) is 8.70. The van der Waals surface area contributed by atoms with E-state index in [-0.39, 0.29) is 5.91 Å². The summed E-state index contributed by atoms with van der Waals surface area (Å²) < 4.78 is 1.99. The van der Waals surface area contributed by atoms with E-state index in [1.807, 2.05) is 49.9 Å². The second-order valence-electron chi connectivity index (χ2n) is 5.64. The smallest absolute Gasteiger partial charge is 0.248 e. The lowest BCUT2D eigenvalue weighted by atomic mass is 10.2. The van der Waals surface area contributed by atoms with Crippen LogP contribution >= 0.6 is 23.2 Å². The molecule has 0 aliphatic rings. The Morgan fingerprint density at radius 2 is 1.48 bits per heavy atom. The number of nitrogens with one attached hydrogen (secondary N) is 2. The van der Waals surface area contributed by atoms with E-state index < -0.39 is 0 Å². The zero-order valence-corrected chi connectivity index (χ0v) is 15.8. The number of nitrogens with zero attached hydrogens (tertiary/aromatic N) is 1. The molecule has 0 bridgehead atoms. The molecule has 4 nitrogen and oxygen atoms in total. The molecule has 1 amide bonds. The number of amides is 1. The molecule has 2 rings (SSSR count). The third kappa shape index (κ3) is 5.62. The van der Waals surface area contributed by atoms with Gasteiger partial charge in [-0.15, -0.1) is 0 Å². The van der Waals surface area contributed by atoms with E-state index in [0.29, 0.717) is 21.3 Å². The number of hydrogen-bond acceptors (Lipinski definition) is 1. The standard InChI is InChI=1S/C19H19Cl2N3O/c1-13(24(2)3)22-14-7-9-15(10-8-14)23-19(25)12-11-16-17(20)5-4-6-18(16)21/h4-12H,1-3H3,(H,23,25)/p+1/b12-11+. The monoisotopic (exact) mass is 376 g/mol. The van der Waals surface area contributed by atoms with Gasteiger partial charge in [-0.1, -0.05) is 29.3 Å². The molecular weight excluding hydrogens is 357 g/mol. The minimum atomic E-state index is -0.257. The Bertz CT molecular complexity index is 803. The molecule has 6 heteroatoms. The van der Waals surface area contributed by atoms with E-state index in [0.717, 1.165) is 11.5 Å². The number of carbonyl (C=O) groups excluding carboxylic acids is 1. The van der Waals surface area contributed by atoms with Gasteiger partial charge >= 0.3 is 0 Å². The van der Waals surface area contributed by atoms with Crippen LogP contribution in [0.15, 0.2) is 48.5 Å². The van der Waals surface area contributed by atoms with Crippen LogP contribution in [0.1, 0.15) is 12.5 Å². The molecule has 130 valence electrons. The van der Waals surface area contributed by atoms with Crippen molar-refractivity contribution in [1.82, 2.24) is 0 Å². The molecule has 0 fully saturated rings. The number of rotatable bonds is 4. The van der Waals surface area contributed by atoms with Gasteiger partial charge in [0.2, 0.25) is 11.7 Å². The van der Waals surface area contributed by atoms with E-state index in [1.165, 1.54) is 6.08 Å². The van der Waals surface area contributed by atoms with Crippen LogP contribution in [0, 0.1) is 0 Å². The minimum absolute atomic E-state index is 0.257. The van der Waals surface area contributed by atoms with Gasteiger partial charge in [0.1, 0.15) is 5.69 Å². The molecule has 0 saturated heterocycles. The zero-order chi connectivity index (χ0) is 18.4. The summed E-state index contributed by atoms with van der Waals surface area (Å²) in [4.78, 5) is 12.0.